The smallest absolute Gasteiger partial charge is 0.126 e. The Balaban J connectivity index is 1.42. The SMILES string of the molecule is CCc1cc(OCCOC)c2c(c1)OC(CCc1cc(OCCCOC)c3c(c1)OCCC3)CC2. The maximum Gasteiger partial charge on any atom is 0.126 e. The van der Waals surface area contributed by atoms with Crippen molar-refractivity contribution in [3.8, 4) is 23.0 Å². The topological polar surface area (TPSA) is 55.4 Å². The first-order valence-corrected chi connectivity index (χ1v) is 13.1. The van der Waals surface area contributed by atoms with Gasteiger partial charge in [-0.15, -0.1) is 0 Å². The van der Waals surface area contributed by atoms with E-state index in [2.05, 4.69) is 31.2 Å². The highest BCUT2D eigenvalue weighted by Gasteiger charge is 2.24. The standard InChI is InChI=1S/C29H40O6/c1-4-21-17-26(34-16-15-31-3)25-11-10-23(35-29(25)18-21)9-8-22-19-27-24(7-5-13-32-27)28(20-22)33-14-6-12-30-2/h17-20,23H,4-16H2,1-3H3. The van der Waals surface area contributed by atoms with Crippen molar-refractivity contribution in [2.45, 2.75) is 64.4 Å². The lowest BCUT2D eigenvalue weighted by molar-refractivity contribution is 0.140. The minimum absolute atomic E-state index is 0.185. The third-order valence-corrected chi connectivity index (χ3v) is 6.75. The van der Waals surface area contributed by atoms with E-state index in [4.69, 9.17) is 28.4 Å². The number of ether oxygens (including phenoxy) is 6. The zero-order valence-corrected chi connectivity index (χ0v) is 21.5. The lowest BCUT2D eigenvalue weighted by atomic mass is 9.94. The zero-order chi connectivity index (χ0) is 24.5. The van der Waals surface area contributed by atoms with Crippen LogP contribution in [0.25, 0.3) is 0 Å². The van der Waals surface area contributed by atoms with Crippen LogP contribution in [0.1, 0.15) is 54.9 Å². The summed E-state index contributed by atoms with van der Waals surface area (Å²) in [5, 5.41) is 0. The van der Waals surface area contributed by atoms with Crippen LogP contribution in [0, 0.1) is 0 Å². The molecule has 6 heteroatoms. The molecule has 0 spiro atoms. The Labute approximate surface area is 209 Å². The molecule has 4 rings (SSSR count). The van der Waals surface area contributed by atoms with E-state index in [1.165, 1.54) is 22.3 Å². The molecule has 35 heavy (non-hydrogen) atoms. The second-order valence-corrected chi connectivity index (χ2v) is 9.30. The fraction of sp³-hybridized carbons (Fsp3) is 0.586. The van der Waals surface area contributed by atoms with Crippen LogP contribution in [0.15, 0.2) is 24.3 Å². The van der Waals surface area contributed by atoms with E-state index in [1.807, 2.05) is 0 Å². The Morgan fingerprint density at radius 1 is 0.829 bits per heavy atom. The molecule has 0 bridgehead atoms. The Bertz CT molecular complexity index is 957. The first-order valence-electron chi connectivity index (χ1n) is 13.1. The van der Waals surface area contributed by atoms with Gasteiger partial charge in [0.15, 0.2) is 0 Å². The van der Waals surface area contributed by atoms with Gasteiger partial charge in [-0.1, -0.05) is 6.92 Å². The number of hydrogen-bond donors (Lipinski definition) is 0. The van der Waals surface area contributed by atoms with Crippen LogP contribution in [0.5, 0.6) is 23.0 Å². The van der Waals surface area contributed by atoms with E-state index in [0.717, 1.165) is 81.0 Å². The summed E-state index contributed by atoms with van der Waals surface area (Å²) < 4.78 is 35.0. The Morgan fingerprint density at radius 2 is 1.57 bits per heavy atom. The van der Waals surface area contributed by atoms with E-state index in [-0.39, 0.29) is 6.10 Å². The van der Waals surface area contributed by atoms with Gasteiger partial charge in [0.2, 0.25) is 0 Å². The van der Waals surface area contributed by atoms with Crippen LogP contribution in [-0.2, 0) is 35.2 Å². The Hall–Kier alpha value is -2.44. The summed E-state index contributed by atoms with van der Waals surface area (Å²) in [7, 11) is 3.42. The predicted molar refractivity (Wildman–Crippen MR) is 136 cm³/mol. The predicted octanol–water partition coefficient (Wildman–Crippen LogP) is 5.34. The number of fused-ring (bicyclic) bond motifs is 2. The van der Waals surface area contributed by atoms with Crippen molar-refractivity contribution in [1.82, 2.24) is 0 Å². The van der Waals surface area contributed by atoms with Crippen molar-refractivity contribution in [1.29, 1.82) is 0 Å². The molecule has 0 saturated heterocycles. The maximum absolute atomic E-state index is 6.49. The highest BCUT2D eigenvalue weighted by Crippen LogP contribution is 2.39. The minimum atomic E-state index is 0.185. The van der Waals surface area contributed by atoms with E-state index in [1.54, 1.807) is 14.2 Å². The quantitative estimate of drug-likeness (QED) is 0.358. The average molecular weight is 485 g/mol. The molecular formula is C29H40O6. The molecule has 0 aromatic heterocycles. The lowest BCUT2D eigenvalue weighted by Crippen LogP contribution is -2.24. The van der Waals surface area contributed by atoms with Crippen molar-refractivity contribution in [3.05, 3.63) is 46.5 Å². The van der Waals surface area contributed by atoms with E-state index in [9.17, 15) is 0 Å². The van der Waals surface area contributed by atoms with Crippen molar-refractivity contribution >= 4 is 0 Å². The van der Waals surface area contributed by atoms with Crippen LogP contribution in [0.3, 0.4) is 0 Å². The van der Waals surface area contributed by atoms with Gasteiger partial charge in [-0.25, -0.2) is 0 Å². The molecule has 2 aromatic carbocycles. The van der Waals surface area contributed by atoms with Crippen molar-refractivity contribution in [2.24, 2.45) is 0 Å². The molecule has 6 nitrogen and oxygen atoms in total. The number of rotatable bonds is 13. The number of methoxy groups -OCH3 is 2. The van der Waals surface area contributed by atoms with Gasteiger partial charge in [0.05, 0.1) is 25.9 Å². The van der Waals surface area contributed by atoms with Crippen molar-refractivity contribution < 1.29 is 28.4 Å². The Kier molecular flexibility index (Phi) is 9.55. The summed E-state index contributed by atoms with van der Waals surface area (Å²) in [4.78, 5) is 0. The molecule has 2 aliphatic rings. The van der Waals surface area contributed by atoms with Crippen LogP contribution in [-0.4, -0.2) is 53.4 Å². The molecular weight excluding hydrogens is 444 g/mol. The van der Waals surface area contributed by atoms with Crippen molar-refractivity contribution in [3.63, 3.8) is 0 Å². The molecule has 0 aliphatic carbocycles. The third kappa shape index (κ3) is 6.83. The van der Waals surface area contributed by atoms with E-state index >= 15 is 0 Å². The fourth-order valence-corrected chi connectivity index (χ4v) is 4.81. The summed E-state index contributed by atoms with van der Waals surface area (Å²) in [6.45, 7) is 5.43. The van der Waals surface area contributed by atoms with Crippen LogP contribution in [0.4, 0.5) is 0 Å². The summed E-state index contributed by atoms with van der Waals surface area (Å²) in [5.74, 6) is 3.87. The van der Waals surface area contributed by atoms with E-state index in [0.29, 0.717) is 26.4 Å². The molecule has 192 valence electrons. The van der Waals surface area contributed by atoms with Crippen molar-refractivity contribution in [2.75, 3.05) is 47.3 Å². The third-order valence-electron chi connectivity index (χ3n) is 6.75. The zero-order valence-electron chi connectivity index (χ0n) is 21.5. The Morgan fingerprint density at radius 3 is 2.37 bits per heavy atom. The maximum atomic E-state index is 6.49. The number of benzene rings is 2. The van der Waals surface area contributed by atoms with Gasteiger partial charge in [-0.05, 0) is 80.3 Å². The summed E-state index contributed by atoms with van der Waals surface area (Å²) in [6.07, 6.45) is 7.89. The largest absolute Gasteiger partial charge is 0.493 e. The molecule has 2 heterocycles. The molecule has 2 aliphatic heterocycles. The van der Waals surface area contributed by atoms with Gasteiger partial charge in [-0.2, -0.15) is 0 Å². The molecule has 1 unspecified atom stereocenters. The van der Waals surface area contributed by atoms with Crippen LogP contribution in [0.2, 0.25) is 0 Å². The highest BCUT2D eigenvalue weighted by molar-refractivity contribution is 5.50. The molecule has 0 fully saturated rings. The molecule has 0 radical (unpaired) electrons. The summed E-state index contributed by atoms with van der Waals surface area (Å²) in [6, 6.07) is 8.74. The van der Waals surface area contributed by atoms with Crippen LogP contribution >= 0.6 is 0 Å². The molecule has 2 aromatic rings. The lowest BCUT2D eigenvalue weighted by Gasteiger charge is -2.28. The summed E-state index contributed by atoms with van der Waals surface area (Å²) >= 11 is 0. The van der Waals surface area contributed by atoms with E-state index < -0.39 is 0 Å². The monoisotopic (exact) mass is 484 g/mol. The molecule has 0 saturated carbocycles. The highest BCUT2D eigenvalue weighted by atomic mass is 16.5. The van der Waals surface area contributed by atoms with Gasteiger partial charge in [0, 0.05) is 38.4 Å². The minimum Gasteiger partial charge on any atom is -0.493 e. The molecule has 1 atom stereocenters. The molecule has 0 amide bonds. The average Bonchev–Trinajstić information content (AvgIpc) is 2.89. The van der Waals surface area contributed by atoms with Gasteiger partial charge in [0.25, 0.3) is 0 Å². The molecule has 0 N–H and O–H groups in total. The van der Waals surface area contributed by atoms with Gasteiger partial charge >= 0.3 is 0 Å². The number of hydrogen-bond acceptors (Lipinski definition) is 6. The first-order chi connectivity index (χ1) is 17.2. The summed E-state index contributed by atoms with van der Waals surface area (Å²) in [5.41, 5.74) is 4.86. The van der Waals surface area contributed by atoms with Gasteiger partial charge < -0.3 is 28.4 Å². The van der Waals surface area contributed by atoms with Gasteiger partial charge in [-0.3, -0.25) is 0 Å². The second-order valence-electron chi connectivity index (χ2n) is 9.30. The first kappa shape index (κ1) is 25.6. The number of aryl methyl sites for hydroxylation is 2. The second kappa shape index (κ2) is 13.0. The fourth-order valence-electron chi connectivity index (χ4n) is 4.81. The normalized spacial score (nSPS) is 16.6. The van der Waals surface area contributed by atoms with Crippen LogP contribution < -0.4 is 18.9 Å². The van der Waals surface area contributed by atoms with Gasteiger partial charge in [0.1, 0.15) is 29.6 Å².